The molecule has 1 aromatic carbocycles. The van der Waals surface area contributed by atoms with Crippen LogP contribution in [0.3, 0.4) is 0 Å². The maximum absolute atomic E-state index is 12.6. The maximum atomic E-state index is 12.6. The third kappa shape index (κ3) is 4.61. The molecule has 2 heterocycles. The van der Waals surface area contributed by atoms with Gasteiger partial charge in [0.05, 0.1) is 18.2 Å². The summed E-state index contributed by atoms with van der Waals surface area (Å²) < 4.78 is 31.8. The van der Waals surface area contributed by atoms with Crippen LogP contribution in [0.4, 0.5) is 0 Å². The van der Waals surface area contributed by atoms with Gasteiger partial charge in [0, 0.05) is 25.0 Å². The number of hydrogen-bond acceptors (Lipinski definition) is 5. The molecule has 0 atom stereocenters. The molecule has 7 heteroatoms. The first kappa shape index (κ1) is 18.4. The summed E-state index contributed by atoms with van der Waals surface area (Å²) in [4.78, 5) is 4.57. The number of aryl methyl sites for hydroxylation is 2. The smallest absolute Gasteiger partial charge is 0.244 e. The summed E-state index contributed by atoms with van der Waals surface area (Å²) in [5.74, 6) is 0.811. The summed E-state index contributed by atoms with van der Waals surface area (Å²) in [7, 11) is -3.48. The van der Waals surface area contributed by atoms with E-state index in [9.17, 15) is 8.42 Å². The Kier molecular flexibility index (Phi) is 5.78. The average molecular weight is 379 g/mol. The molecule has 0 aliphatic carbocycles. The molecule has 1 aromatic heterocycles. The number of benzene rings is 1. The summed E-state index contributed by atoms with van der Waals surface area (Å²) in [6, 6.07) is 9.90. The van der Waals surface area contributed by atoms with E-state index < -0.39 is 10.0 Å². The SMILES string of the molecule is Cc1cc(C)cc(CSc2ccc(S(=O)(=O)N3CCOCC3)cn2)c1. The number of aromatic nitrogens is 1. The molecular formula is C18H22N2O3S2. The van der Waals surface area contributed by atoms with E-state index in [0.29, 0.717) is 26.3 Å². The number of hydrogen-bond donors (Lipinski definition) is 0. The number of morpholine rings is 1. The highest BCUT2D eigenvalue weighted by molar-refractivity contribution is 7.98. The molecule has 1 aliphatic heterocycles. The standard InChI is InChI=1S/C18H22N2O3S2/c1-14-9-15(2)11-16(10-14)13-24-18-4-3-17(12-19-18)25(21,22)20-5-7-23-8-6-20/h3-4,9-12H,5-8,13H2,1-2H3. The van der Waals surface area contributed by atoms with Crippen molar-refractivity contribution in [2.24, 2.45) is 0 Å². The first-order valence-corrected chi connectivity index (χ1v) is 10.6. The van der Waals surface area contributed by atoms with Crippen molar-refractivity contribution in [3.05, 3.63) is 53.2 Å². The monoisotopic (exact) mass is 378 g/mol. The lowest BCUT2D eigenvalue weighted by Crippen LogP contribution is -2.40. The Balaban J connectivity index is 1.67. The van der Waals surface area contributed by atoms with Crippen LogP contribution in [0.25, 0.3) is 0 Å². The van der Waals surface area contributed by atoms with E-state index >= 15 is 0 Å². The van der Waals surface area contributed by atoms with Gasteiger partial charge in [-0.15, -0.1) is 11.8 Å². The minimum Gasteiger partial charge on any atom is -0.379 e. The molecule has 0 bridgehead atoms. The fraction of sp³-hybridized carbons (Fsp3) is 0.389. The van der Waals surface area contributed by atoms with Gasteiger partial charge in [-0.3, -0.25) is 0 Å². The van der Waals surface area contributed by atoms with E-state index in [1.54, 1.807) is 23.9 Å². The Morgan fingerprint density at radius 3 is 2.40 bits per heavy atom. The first-order valence-electron chi connectivity index (χ1n) is 8.19. The quantitative estimate of drug-likeness (QED) is 0.749. The van der Waals surface area contributed by atoms with Crippen molar-refractivity contribution >= 4 is 21.8 Å². The molecule has 0 unspecified atom stereocenters. The van der Waals surface area contributed by atoms with E-state index in [1.807, 2.05) is 0 Å². The maximum Gasteiger partial charge on any atom is 0.244 e. The molecule has 0 radical (unpaired) electrons. The van der Waals surface area contributed by atoms with Gasteiger partial charge in [0.1, 0.15) is 4.90 Å². The predicted molar refractivity (Wildman–Crippen MR) is 99.3 cm³/mol. The second-order valence-electron chi connectivity index (χ2n) is 6.13. The van der Waals surface area contributed by atoms with E-state index in [-0.39, 0.29) is 4.90 Å². The molecule has 3 rings (SSSR count). The van der Waals surface area contributed by atoms with Crippen LogP contribution in [0.15, 0.2) is 46.5 Å². The molecule has 134 valence electrons. The van der Waals surface area contributed by atoms with Gasteiger partial charge in [-0.2, -0.15) is 4.31 Å². The molecule has 1 fully saturated rings. The molecule has 25 heavy (non-hydrogen) atoms. The second-order valence-corrected chi connectivity index (χ2v) is 9.07. The highest BCUT2D eigenvalue weighted by Crippen LogP contribution is 2.24. The van der Waals surface area contributed by atoms with Gasteiger partial charge < -0.3 is 4.74 Å². The van der Waals surface area contributed by atoms with Crippen LogP contribution in [0.2, 0.25) is 0 Å². The molecule has 0 spiro atoms. The lowest BCUT2D eigenvalue weighted by atomic mass is 10.1. The third-order valence-corrected chi connectivity index (χ3v) is 6.88. The van der Waals surface area contributed by atoms with Crippen molar-refractivity contribution in [2.75, 3.05) is 26.3 Å². The minimum atomic E-state index is -3.48. The zero-order valence-electron chi connectivity index (χ0n) is 14.4. The third-order valence-electron chi connectivity index (χ3n) is 3.99. The molecular weight excluding hydrogens is 356 g/mol. The van der Waals surface area contributed by atoms with Gasteiger partial charge in [0.25, 0.3) is 0 Å². The van der Waals surface area contributed by atoms with Crippen molar-refractivity contribution < 1.29 is 13.2 Å². The van der Waals surface area contributed by atoms with Gasteiger partial charge >= 0.3 is 0 Å². The second kappa shape index (κ2) is 7.86. The predicted octanol–water partition coefficient (Wildman–Crippen LogP) is 3.01. The van der Waals surface area contributed by atoms with Crippen molar-refractivity contribution in [3.8, 4) is 0 Å². The Bertz CT molecular complexity index is 810. The summed E-state index contributed by atoms with van der Waals surface area (Å²) >= 11 is 1.61. The number of ether oxygens (including phenoxy) is 1. The van der Waals surface area contributed by atoms with Gasteiger partial charge in [-0.25, -0.2) is 13.4 Å². The zero-order chi connectivity index (χ0) is 17.9. The molecule has 0 saturated carbocycles. The van der Waals surface area contributed by atoms with Crippen LogP contribution in [0.1, 0.15) is 16.7 Å². The van der Waals surface area contributed by atoms with Crippen LogP contribution in [-0.2, 0) is 20.5 Å². The van der Waals surface area contributed by atoms with Gasteiger partial charge in [-0.05, 0) is 31.5 Å². The Labute approximate surface area is 153 Å². The summed E-state index contributed by atoms with van der Waals surface area (Å²) in [6.07, 6.45) is 1.45. The van der Waals surface area contributed by atoms with Crippen LogP contribution in [0, 0.1) is 13.8 Å². The van der Waals surface area contributed by atoms with Crippen molar-refractivity contribution in [1.82, 2.24) is 9.29 Å². The molecule has 1 saturated heterocycles. The van der Waals surface area contributed by atoms with Crippen LogP contribution < -0.4 is 0 Å². The van der Waals surface area contributed by atoms with Crippen LogP contribution >= 0.6 is 11.8 Å². The Hall–Kier alpha value is -1.41. The van der Waals surface area contributed by atoms with E-state index in [1.165, 1.54) is 27.2 Å². The normalized spacial score (nSPS) is 16.1. The van der Waals surface area contributed by atoms with Gasteiger partial charge in [-0.1, -0.05) is 29.3 Å². The largest absolute Gasteiger partial charge is 0.379 e. The number of sulfonamides is 1. The number of rotatable bonds is 5. The fourth-order valence-corrected chi connectivity index (χ4v) is 4.98. The number of pyridine rings is 1. The average Bonchev–Trinajstić information content (AvgIpc) is 2.60. The topological polar surface area (TPSA) is 59.5 Å². The highest BCUT2D eigenvalue weighted by Gasteiger charge is 2.26. The van der Waals surface area contributed by atoms with Crippen molar-refractivity contribution in [2.45, 2.75) is 29.5 Å². The number of nitrogens with zero attached hydrogens (tertiary/aromatic N) is 2. The molecule has 5 nitrogen and oxygen atoms in total. The van der Waals surface area contributed by atoms with Crippen LogP contribution in [-0.4, -0.2) is 44.0 Å². The summed E-state index contributed by atoms with van der Waals surface area (Å²) in [5.41, 5.74) is 3.74. The molecule has 2 aromatic rings. The lowest BCUT2D eigenvalue weighted by molar-refractivity contribution is 0.0730. The van der Waals surface area contributed by atoms with Crippen molar-refractivity contribution in [3.63, 3.8) is 0 Å². The van der Waals surface area contributed by atoms with E-state index in [4.69, 9.17) is 4.74 Å². The first-order chi connectivity index (χ1) is 11.9. The lowest BCUT2D eigenvalue weighted by Gasteiger charge is -2.25. The number of thioether (sulfide) groups is 1. The fourth-order valence-electron chi connectivity index (χ4n) is 2.85. The Morgan fingerprint density at radius 2 is 1.80 bits per heavy atom. The van der Waals surface area contributed by atoms with Gasteiger partial charge in [0.2, 0.25) is 10.0 Å². The van der Waals surface area contributed by atoms with Crippen LogP contribution in [0.5, 0.6) is 0 Å². The summed E-state index contributed by atoms with van der Waals surface area (Å²) in [6.45, 7) is 5.85. The molecule has 0 N–H and O–H groups in total. The van der Waals surface area contributed by atoms with E-state index in [0.717, 1.165) is 10.8 Å². The summed E-state index contributed by atoms with van der Waals surface area (Å²) in [5, 5.41) is 0.820. The molecule has 0 amide bonds. The zero-order valence-corrected chi connectivity index (χ0v) is 16.1. The van der Waals surface area contributed by atoms with E-state index in [2.05, 4.69) is 37.0 Å². The van der Waals surface area contributed by atoms with Crippen molar-refractivity contribution in [1.29, 1.82) is 0 Å². The van der Waals surface area contributed by atoms with Gasteiger partial charge in [0.15, 0.2) is 0 Å². The molecule has 1 aliphatic rings. The minimum absolute atomic E-state index is 0.241. The highest BCUT2D eigenvalue weighted by atomic mass is 32.2. The Morgan fingerprint density at radius 1 is 1.12 bits per heavy atom.